The topological polar surface area (TPSA) is 15.3 Å². The molecule has 4 heteroatoms. The van der Waals surface area contributed by atoms with E-state index in [1.165, 1.54) is 38.2 Å². The van der Waals surface area contributed by atoms with Crippen molar-refractivity contribution in [1.82, 2.24) is 10.2 Å². The quantitative estimate of drug-likeness (QED) is 0.907. The summed E-state index contributed by atoms with van der Waals surface area (Å²) < 4.78 is 14.4. The first-order chi connectivity index (χ1) is 10.3. The van der Waals surface area contributed by atoms with Gasteiger partial charge in [0.15, 0.2) is 0 Å². The molecule has 1 saturated heterocycles. The Morgan fingerprint density at radius 3 is 2.57 bits per heavy atom. The lowest BCUT2D eigenvalue weighted by atomic mass is 9.80. The van der Waals surface area contributed by atoms with Crippen LogP contribution in [0.3, 0.4) is 0 Å². The van der Waals surface area contributed by atoms with Crippen LogP contribution in [0, 0.1) is 11.7 Å². The number of rotatable bonds is 3. The Kier molecular flexibility index (Phi) is 5.15. The predicted molar refractivity (Wildman–Crippen MR) is 85.2 cm³/mol. The number of nitrogens with one attached hydrogen (secondary N) is 1. The molecule has 2 fully saturated rings. The van der Waals surface area contributed by atoms with Crippen molar-refractivity contribution in [2.45, 2.75) is 38.1 Å². The molecule has 2 aliphatic rings. The minimum atomic E-state index is -0.103. The van der Waals surface area contributed by atoms with Crippen LogP contribution in [-0.4, -0.2) is 31.1 Å². The Bertz CT molecular complexity index is 450. The summed E-state index contributed by atoms with van der Waals surface area (Å²) >= 11 is 6.14. The molecule has 1 atom stereocenters. The molecule has 1 N–H and O–H groups in total. The van der Waals surface area contributed by atoms with E-state index in [9.17, 15) is 4.39 Å². The Morgan fingerprint density at radius 2 is 1.86 bits per heavy atom. The molecule has 1 aliphatic carbocycles. The highest BCUT2D eigenvalue weighted by Crippen LogP contribution is 2.40. The van der Waals surface area contributed by atoms with E-state index in [-0.39, 0.29) is 11.9 Å². The number of piperazine rings is 1. The highest BCUT2D eigenvalue weighted by atomic mass is 35.5. The second kappa shape index (κ2) is 7.08. The highest BCUT2D eigenvalue weighted by molar-refractivity contribution is 6.30. The van der Waals surface area contributed by atoms with Gasteiger partial charge in [-0.1, -0.05) is 30.9 Å². The summed E-state index contributed by atoms with van der Waals surface area (Å²) in [5.74, 6) is 0.457. The minimum Gasteiger partial charge on any atom is -0.314 e. The standard InChI is InChI=1S/C17H24ClFN2/c18-14-6-7-16(19)15(12-14)17(13-4-2-1-3-5-13)21-10-8-20-9-11-21/h6-7,12-13,17,20H,1-5,8-11H2/t17-/m0/s1. The van der Waals surface area contributed by atoms with Crippen LogP contribution in [0.4, 0.5) is 4.39 Å². The molecular weight excluding hydrogens is 287 g/mol. The molecule has 0 radical (unpaired) electrons. The summed E-state index contributed by atoms with van der Waals surface area (Å²) in [4.78, 5) is 2.46. The van der Waals surface area contributed by atoms with Crippen LogP contribution in [0.2, 0.25) is 5.02 Å². The van der Waals surface area contributed by atoms with Crippen molar-refractivity contribution >= 4 is 11.6 Å². The molecule has 0 bridgehead atoms. The molecule has 0 unspecified atom stereocenters. The molecule has 0 aromatic heterocycles. The summed E-state index contributed by atoms with van der Waals surface area (Å²) in [6.45, 7) is 3.97. The largest absolute Gasteiger partial charge is 0.314 e. The number of halogens is 2. The van der Waals surface area contributed by atoms with Gasteiger partial charge in [0.25, 0.3) is 0 Å². The number of hydrogen-bond donors (Lipinski definition) is 1. The first-order valence-electron chi connectivity index (χ1n) is 8.15. The van der Waals surface area contributed by atoms with E-state index < -0.39 is 0 Å². The van der Waals surface area contributed by atoms with Crippen LogP contribution in [0.5, 0.6) is 0 Å². The second-order valence-corrected chi connectivity index (χ2v) is 6.73. The fourth-order valence-electron chi connectivity index (χ4n) is 3.90. The van der Waals surface area contributed by atoms with Gasteiger partial charge in [0.05, 0.1) is 0 Å². The molecule has 3 rings (SSSR count). The van der Waals surface area contributed by atoms with Crippen molar-refractivity contribution in [1.29, 1.82) is 0 Å². The maximum absolute atomic E-state index is 14.4. The van der Waals surface area contributed by atoms with Gasteiger partial charge in [-0.3, -0.25) is 4.90 Å². The van der Waals surface area contributed by atoms with Crippen molar-refractivity contribution in [3.63, 3.8) is 0 Å². The van der Waals surface area contributed by atoms with Crippen molar-refractivity contribution < 1.29 is 4.39 Å². The number of benzene rings is 1. The molecule has 1 heterocycles. The first kappa shape index (κ1) is 15.3. The minimum absolute atomic E-state index is 0.103. The van der Waals surface area contributed by atoms with Crippen molar-refractivity contribution in [2.75, 3.05) is 26.2 Å². The molecule has 1 saturated carbocycles. The second-order valence-electron chi connectivity index (χ2n) is 6.29. The summed E-state index contributed by atoms with van der Waals surface area (Å²) in [6.07, 6.45) is 6.29. The van der Waals surface area contributed by atoms with E-state index in [4.69, 9.17) is 11.6 Å². The molecule has 1 aliphatic heterocycles. The molecule has 0 amide bonds. The SMILES string of the molecule is Fc1ccc(Cl)cc1[C@H](C1CCCCC1)N1CCNCC1. The molecule has 116 valence electrons. The van der Waals surface area contributed by atoms with Crippen LogP contribution in [-0.2, 0) is 0 Å². The van der Waals surface area contributed by atoms with Gasteiger partial charge in [-0.05, 0) is 37.0 Å². The van der Waals surface area contributed by atoms with Gasteiger partial charge >= 0.3 is 0 Å². The lowest BCUT2D eigenvalue weighted by Crippen LogP contribution is -2.47. The van der Waals surface area contributed by atoms with Crippen LogP contribution in [0.15, 0.2) is 18.2 Å². The molecule has 0 spiro atoms. The number of hydrogen-bond acceptors (Lipinski definition) is 2. The Balaban J connectivity index is 1.91. The summed E-state index contributed by atoms with van der Waals surface area (Å²) in [5, 5.41) is 4.03. The van der Waals surface area contributed by atoms with Crippen molar-refractivity contribution in [3.8, 4) is 0 Å². The van der Waals surface area contributed by atoms with Gasteiger partial charge in [-0.2, -0.15) is 0 Å². The van der Waals surface area contributed by atoms with Gasteiger partial charge in [-0.25, -0.2) is 4.39 Å². The van der Waals surface area contributed by atoms with E-state index in [0.29, 0.717) is 10.9 Å². The van der Waals surface area contributed by atoms with E-state index in [1.807, 2.05) is 6.07 Å². The third-order valence-electron chi connectivity index (χ3n) is 4.92. The van der Waals surface area contributed by atoms with E-state index in [0.717, 1.165) is 31.7 Å². The monoisotopic (exact) mass is 310 g/mol. The number of nitrogens with zero attached hydrogens (tertiary/aromatic N) is 1. The van der Waals surface area contributed by atoms with Gasteiger partial charge in [0.2, 0.25) is 0 Å². The lowest BCUT2D eigenvalue weighted by Gasteiger charge is -2.41. The lowest BCUT2D eigenvalue weighted by molar-refractivity contribution is 0.101. The predicted octanol–water partition coefficient (Wildman–Crippen LogP) is 4.01. The van der Waals surface area contributed by atoms with E-state index in [1.54, 1.807) is 6.07 Å². The molecule has 2 nitrogen and oxygen atoms in total. The molecular formula is C17H24ClFN2. The average Bonchev–Trinajstić information content (AvgIpc) is 2.53. The summed E-state index contributed by atoms with van der Waals surface area (Å²) in [6, 6.07) is 5.20. The maximum atomic E-state index is 14.4. The van der Waals surface area contributed by atoms with Crippen LogP contribution in [0.25, 0.3) is 0 Å². The Labute approximate surface area is 131 Å². The van der Waals surface area contributed by atoms with Crippen LogP contribution in [0.1, 0.15) is 43.7 Å². The smallest absolute Gasteiger partial charge is 0.128 e. The van der Waals surface area contributed by atoms with Crippen molar-refractivity contribution in [2.24, 2.45) is 5.92 Å². The molecule has 1 aromatic carbocycles. The Hall–Kier alpha value is -0.640. The Morgan fingerprint density at radius 1 is 1.14 bits per heavy atom. The fourth-order valence-corrected chi connectivity index (χ4v) is 4.08. The van der Waals surface area contributed by atoms with Gasteiger partial charge in [0.1, 0.15) is 5.82 Å². The third-order valence-corrected chi connectivity index (χ3v) is 5.15. The fraction of sp³-hybridized carbons (Fsp3) is 0.647. The maximum Gasteiger partial charge on any atom is 0.128 e. The van der Waals surface area contributed by atoms with E-state index >= 15 is 0 Å². The zero-order valence-electron chi connectivity index (χ0n) is 12.5. The van der Waals surface area contributed by atoms with E-state index in [2.05, 4.69) is 10.2 Å². The zero-order valence-corrected chi connectivity index (χ0v) is 13.2. The van der Waals surface area contributed by atoms with Gasteiger partial charge < -0.3 is 5.32 Å². The highest BCUT2D eigenvalue weighted by Gasteiger charge is 2.32. The first-order valence-corrected chi connectivity index (χ1v) is 8.53. The zero-order chi connectivity index (χ0) is 14.7. The average molecular weight is 311 g/mol. The van der Waals surface area contributed by atoms with Gasteiger partial charge in [-0.15, -0.1) is 0 Å². The van der Waals surface area contributed by atoms with Gasteiger partial charge in [0, 0.05) is 42.8 Å². The molecule has 21 heavy (non-hydrogen) atoms. The molecule has 1 aromatic rings. The van der Waals surface area contributed by atoms with Crippen molar-refractivity contribution in [3.05, 3.63) is 34.6 Å². The van der Waals surface area contributed by atoms with Crippen LogP contribution < -0.4 is 5.32 Å². The summed E-state index contributed by atoms with van der Waals surface area (Å²) in [7, 11) is 0. The third kappa shape index (κ3) is 3.58. The summed E-state index contributed by atoms with van der Waals surface area (Å²) in [5.41, 5.74) is 0.802. The normalized spacial score (nSPS) is 23.1. The van der Waals surface area contributed by atoms with Crippen LogP contribution >= 0.6 is 11.6 Å².